The molecule has 0 N–H and O–H groups in total. The summed E-state index contributed by atoms with van der Waals surface area (Å²) in [5.74, 6) is 0. The van der Waals surface area contributed by atoms with Crippen LogP contribution in [0.1, 0.15) is 27.7 Å². The summed E-state index contributed by atoms with van der Waals surface area (Å²) in [4.78, 5) is 7.75. The molecule has 0 aliphatic carbocycles. The van der Waals surface area contributed by atoms with Crippen molar-refractivity contribution in [3.63, 3.8) is 0 Å². The zero-order chi connectivity index (χ0) is 14.5. The van der Waals surface area contributed by atoms with Crippen LogP contribution in [0, 0.1) is 105 Å². The van der Waals surface area contributed by atoms with E-state index in [-0.39, 0.29) is 157 Å². The molecule has 0 radical (unpaired) electrons. The molecule has 24 heavy (non-hydrogen) atoms. The van der Waals surface area contributed by atoms with E-state index in [9.17, 15) is 0 Å². The van der Waals surface area contributed by atoms with Crippen LogP contribution in [-0.2, 0) is 68.0 Å². The van der Waals surface area contributed by atoms with Crippen LogP contribution in [0.2, 0.25) is 0 Å². The van der Waals surface area contributed by atoms with Crippen molar-refractivity contribution in [2.24, 2.45) is 0 Å². The van der Waals surface area contributed by atoms with E-state index in [1.807, 2.05) is 88.4 Å². The summed E-state index contributed by atoms with van der Waals surface area (Å²) in [5.41, 5.74) is 0. The summed E-state index contributed by atoms with van der Waals surface area (Å²) in [6.07, 6.45) is 0. The molecular formula is C17H23OU3W3-3. The third kappa shape index (κ3) is 63.8. The number of hydrogen-bond acceptors (Lipinski definition) is 1. The first-order valence-electron chi connectivity index (χ1n) is 6.06. The Labute approximate surface area is 263 Å². The van der Waals surface area contributed by atoms with Crippen molar-refractivity contribution >= 4 is 6.79 Å². The molecule has 1 nitrogen and oxygen atoms in total. The molecule has 2 aromatic carbocycles. The summed E-state index contributed by atoms with van der Waals surface area (Å²) in [6.45, 7) is 11.2. The molecule has 0 unspecified atom stereocenters. The average Bonchev–Trinajstić information content (AvgIpc) is 2.57. The van der Waals surface area contributed by atoms with Crippen LogP contribution in [0.5, 0.6) is 0 Å². The quantitative estimate of drug-likeness (QED) is 0.276. The van der Waals surface area contributed by atoms with Crippen LogP contribution in [0.25, 0.3) is 0 Å². The van der Waals surface area contributed by atoms with Gasteiger partial charge in [-0.25, -0.2) is 0 Å². The summed E-state index contributed by atoms with van der Waals surface area (Å²) < 4.78 is 0. The minimum atomic E-state index is 0. The fourth-order valence-corrected chi connectivity index (χ4v) is 0.684. The first-order valence-corrected chi connectivity index (χ1v) is 6.06. The van der Waals surface area contributed by atoms with Crippen LogP contribution < -0.4 is 0 Å². The van der Waals surface area contributed by atoms with Crippen LogP contribution >= 0.6 is 0 Å². The van der Waals surface area contributed by atoms with Crippen molar-refractivity contribution in [3.05, 3.63) is 72.8 Å². The molecule has 2 rings (SSSR count). The predicted octanol–water partition coefficient (Wildman–Crippen LogP) is 4.74. The van der Waals surface area contributed by atoms with Gasteiger partial charge in [-0.2, -0.15) is 72.8 Å². The Morgan fingerprint density at radius 3 is 0.708 bits per heavy atom. The molecule has 0 aliphatic heterocycles. The van der Waals surface area contributed by atoms with Gasteiger partial charge in [0.1, 0.15) is 0 Å². The smallest absolute Gasteiger partial charge is 0 e. The first kappa shape index (κ1) is 56.4. The minimum Gasteiger partial charge on any atom is -0.545 e. The van der Waals surface area contributed by atoms with Crippen molar-refractivity contribution in [2.75, 3.05) is 0 Å². The molecule has 130 valence electrons. The topological polar surface area (TPSA) is 17.1 Å². The van der Waals surface area contributed by atoms with Crippen LogP contribution in [0.15, 0.2) is 60.7 Å². The summed E-state index contributed by atoms with van der Waals surface area (Å²) in [6, 6.07) is 25.0. The second-order valence-electron chi connectivity index (χ2n) is 2.15. The standard InChI is InChI=1S/2C6H5.2C2H6.CHO.3U.3W/c2*1-2-4-6-5-3-1;3*1-2;;;;;;/h2*1-5H;2*1-2H3;1H;;;;;;/q2*-1;;;-1;;;;;;. The van der Waals surface area contributed by atoms with E-state index in [4.69, 9.17) is 4.79 Å². The molecule has 0 saturated heterocycles. The molecule has 2 aromatic rings. The average molecular weight is 1510 g/mol. The van der Waals surface area contributed by atoms with Gasteiger partial charge >= 0.3 is 0 Å². The molecule has 0 atom stereocenters. The first-order chi connectivity index (χ1) is 9.00. The summed E-state index contributed by atoms with van der Waals surface area (Å²) in [7, 11) is 0. The number of carbonyl (C=O) groups excluding carboxylic acids is 1. The van der Waals surface area contributed by atoms with Gasteiger partial charge in [0.05, 0.1) is 0 Å². The molecule has 0 fully saturated rings. The zero-order valence-corrected chi connectivity index (χ0v) is 35.8. The molecule has 0 spiro atoms. The molecule has 7 heteroatoms. The maximum Gasteiger partial charge on any atom is 0 e. The maximum atomic E-state index is 7.75. The van der Waals surface area contributed by atoms with E-state index in [1.165, 1.54) is 0 Å². The van der Waals surface area contributed by atoms with Gasteiger partial charge in [-0.1, -0.05) is 27.7 Å². The number of hydrogen-bond donors (Lipinski definition) is 0. The fourth-order valence-electron chi connectivity index (χ4n) is 0.684. The van der Waals surface area contributed by atoms with Crippen molar-refractivity contribution in [1.29, 1.82) is 0 Å². The monoisotopic (exact) mass is 1510 g/mol. The number of benzene rings is 2. The third-order valence-electron chi connectivity index (χ3n) is 1.21. The second kappa shape index (κ2) is 71.9. The van der Waals surface area contributed by atoms with Crippen molar-refractivity contribution in [2.45, 2.75) is 27.7 Å². The second-order valence-corrected chi connectivity index (χ2v) is 2.15. The van der Waals surface area contributed by atoms with Crippen LogP contribution in [-0.4, -0.2) is 6.79 Å². The van der Waals surface area contributed by atoms with Crippen molar-refractivity contribution < 1.29 is 161 Å². The molecular weight excluding hydrogens is 1490 g/mol. The molecule has 0 saturated carbocycles. The van der Waals surface area contributed by atoms with Gasteiger partial charge in [0.25, 0.3) is 0 Å². The third-order valence-corrected chi connectivity index (χ3v) is 1.21. The van der Waals surface area contributed by atoms with Gasteiger partial charge in [0.15, 0.2) is 0 Å². The zero-order valence-electron chi connectivity index (χ0n) is 14.5. The Bertz CT molecular complexity index is 219. The Morgan fingerprint density at radius 1 is 0.500 bits per heavy atom. The van der Waals surface area contributed by atoms with Gasteiger partial charge in [-0.15, -0.1) is 0 Å². The largest absolute Gasteiger partial charge is 0.545 e. The van der Waals surface area contributed by atoms with Crippen LogP contribution in [0.4, 0.5) is 0 Å². The Morgan fingerprint density at radius 2 is 0.667 bits per heavy atom. The maximum absolute atomic E-state index is 7.75. The van der Waals surface area contributed by atoms with E-state index >= 15 is 0 Å². The Hall–Kier alpha value is 3.33. The Kier molecular flexibility index (Phi) is 169. The van der Waals surface area contributed by atoms with E-state index in [0.29, 0.717) is 0 Å². The summed E-state index contributed by atoms with van der Waals surface area (Å²) >= 11 is 0. The normalized spacial score (nSPS) is 4.67. The van der Waals surface area contributed by atoms with Gasteiger partial charge in [-0.3, -0.25) is 6.79 Å². The molecule has 0 amide bonds. The number of rotatable bonds is 0. The summed E-state index contributed by atoms with van der Waals surface area (Å²) in [5, 5.41) is 0. The van der Waals surface area contributed by atoms with Crippen molar-refractivity contribution in [1.82, 2.24) is 0 Å². The van der Waals surface area contributed by atoms with E-state index < -0.39 is 0 Å². The SMILES string of the molecule is CC.CC.[CH-]=O.[U].[U].[U].[W].[W].[W].[c-]1ccccc1.[c-]1ccccc1. The van der Waals surface area contributed by atoms with E-state index in [1.54, 1.807) is 0 Å². The molecule has 0 aliphatic rings. The molecule has 0 heterocycles. The minimum absolute atomic E-state index is 0. The van der Waals surface area contributed by atoms with Gasteiger partial charge < -0.3 is 4.79 Å². The molecule has 0 aromatic heterocycles. The fraction of sp³-hybridized carbons (Fsp3) is 0.235. The van der Waals surface area contributed by atoms with E-state index in [0.717, 1.165) is 0 Å². The predicted molar refractivity (Wildman–Crippen MR) is 80.0 cm³/mol. The van der Waals surface area contributed by atoms with E-state index in [2.05, 4.69) is 18.9 Å². The van der Waals surface area contributed by atoms with Crippen LogP contribution in [0.3, 0.4) is 0 Å². The Balaban J connectivity index is -0.0000000172. The van der Waals surface area contributed by atoms with Gasteiger partial charge in [0, 0.05) is 157 Å². The molecule has 0 bridgehead atoms. The van der Waals surface area contributed by atoms with Crippen molar-refractivity contribution in [3.8, 4) is 0 Å². The van der Waals surface area contributed by atoms with Gasteiger partial charge in [-0.05, 0) is 0 Å². The van der Waals surface area contributed by atoms with Gasteiger partial charge in [0.2, 0.25) is 0 Å².